The van der Waals surface area contributed by atoms with Crippen molar-refractivity contribution in [1.82, 2.24) is 5.32 Å². The van der Waals surface area contributed by atoms with Gasteiger partial charge in [-0.1, -0.05) is 73.7 Å². The highest BCUT2D eigenvalue weighted by atomic mass is 16.5. The van der Waals surface area contributed by atoms with Gasteiger partial charge in [0, 0.05) is 29.3 Å². The largest absolute Gasteiger partial charge is 0.493 e. The average molecular weight is 538 g/mol. The van der Waals surface area contributed by atoms with Gasteiger partial charge >= 0.3 is 5.97 Å². The third-order valence-corrected chi connectivity index (χ3v) is 7.51. The monoisotopic (exact) mass is 537 g/mol. The molecular formula is C34H35NO5. The number of methoxy groups -OCH3 is 1. The van der Waals surface area contributed by atoms with Crippen LogP contribution in [-0.2, 0) is 20.9 Å². The van der Waals surface area contributed by atoms with Crippen LogP contribution in [0.25, 0.3) is 0 Å². The zero-order valence-electron chi connectivity index (χ0n) is 23.2. The van der Waals surface area contributed by atoms with Gasteiger partial charge in [-0.05, 0) is 54.5 Å². The molecule has 0 saturated carbocycles. The lowest BCUT2D eigenvalue weighted by molar-refractivity contribution is -0.140. The molecule has 2 aliphatic rings. The molecule has 1 N–H and O–H groups in total. The number of carbonyl (C=O) groups excluding carboxylic acids is 2. The Hall–Kier alpha value is -4.32. The van der Waals surface area contributed by atoms with E-state index in [1.807, 2.05) is 80.6 Å². The lowest BCUT2D eigenvalue weighted by Crippen LogP contribution is -2.36. The Morgan fingerprint density at radius 1 is 0.925 bits per heavy atom. The van der Waals surface area contributed by atoms with Gasteiger partial charge in [-0.15, -0.1) is 0 Å². The van der Waals surface area contributed by atoms with Crippen LogP contribution in [-0.4, -0.2) is 25.5 Å². The second kappa shape index (κ2) is 12.2. The number of dihydropyridines is 1. The first-order valence-electron chi connectivity index (χ1n) is 13.8. The second-order valence-electron chi connectivity index (χ2n) is 10.2. The number of hydrogen-bond acceptors (Lipinski definition) is 6. The maximum atomic E-state index is 13.9. The van der Waals surface area contributed by atoms with Crippen molar-refractivity contribution in [3.05, 3.63) is 118 Å². The van der Waals surface area contributed by atoms with Crippen LogP contribution in [0.1, 0.15) is 61.6 Å². The van der Waals surface area contributed by atoms with Crippen molar-refractivity contribution < 1.29 is 23.8 Å². The molecule has 0 saturated heterocycles. The van der Waals surface area contributed by atoms with E-state index >= 15 is 0 Å². The SMILES string of the molecule is CCCOc1ccc([C@H]2C(C(=O)OCc3ccccc3)=C(C)NC3=C2C(=O)C[C@@H](c2ccccc2)C3)cc1OC. The van der Waals surface area contributed by atoms with Crippen LogP contribution in [0.3, 0.4) is 0 Å². The summed E-state index contributed by atoms with van der Waals surface area (Å²) in [6.07, 6.45) is 1.92. The van der Waals surface area contributed by atoms with E-state index in [0.29, 0.717) is 47.8 Å². The smallest absolute Gasteiger partial charge is 0.337 e. The molecule has 0 spiro atoms. The van der Waals surface area contributed by atoms with E-state index in [2.05, 4.69) is 17.4 Å². The van der Waals surface area contributed by atoms with Crippen LogP contribution in [0, 0.1) is 0 Å². The van der Waals surface area contributed by atoms with E-state index < -0.39 is 11.9 Å². The lowest BCUT2D eigenvalue weighted by Gasteiger charge is -2.37. The molecule has 0 unspecified atom stereocenters. The van der Waals surface area contributed by atoms with Gasteiger partial charge < -0.3 is 19.5 Å². The van der Waals surface area contributed by atoms with Crippen LogP contribution < -0.4 is 14.8 Å². The van der Waals surface area contributed by atoms with E-state index in [0.717, 1.165) is 28.8 Å². The number of carbonyl (C=O) groups is 2. The molecule has 2 atom stereocenters. The maximum absolute atomic E-state index is 13.9. The minimum absolute atomic E-state index is 0.0266. The standard InChI is InChI=1S/C34H35NO5/c1-4-17-39-29-16-15-25(20-30(29)38-3)32-31(34(37)40-21-23-11-7-5-8-12-23)22(2)35-27-18-26(19-28(36)33(27)32)24-13-9-6-10-14-24/h5-16,20,26,32,35H,4,17-19,21H2,1-3H3/t26-,32-/m0/s1. The Morgan fingerprint density at radius 3 is 2.35 bits per heavy atom. The van der Waals surface area contributed by atoms with Crippen molar-refractivity contribution in [2.75, 3.05) is 13.7 Å². The number of Topliss-reactive ketones (excluding diaryl/α,β-unsaturated/α-hetero) is 1. The first kappa shape index (κ1) is 27.3. The van der Waals surface area contributed by atoms with Crippen molar-refractivity contribution in [3.8, 4) is 11.5 Å². The number of rotatable bonds is 9. The van der Waals surface area contributed by atoms with Crippen molar-refractivity contribution in [2.45, 2.75) is 51.6 Å². The third kappa shape index (κ3) is 5.67. The molecule has 0 aromatic heterocycles. The Balaban J connectivity index is 1.54. The molecule has 6 nitrogen and oxygen atoms in total. The summed E-state index contributed by atoms with van der Waals surface area (Å²) in [5, 5.41) is 3.43. The minimum Gasteiger partial charge on any atom is -0.493 e. The van der Waals surface area contributed by atoms with Gasteiger partial charge in [-0.2, -0.15) is 0 Å². The second-order valence-corrected chi connectivity index (χ2v) is 10.2. The van der Waals surface area contributed by atoms with Crippen LogP contribution in [0.5, 0.6) is 11.5 Å². The maximum Gasteiger partial charge on any atom is 0.337 e. The zero-order valence-corrected chi connectivity index (χ0v) is 23.2. The predicted molar refractivity (Wildman–Crippen MR) is 154 cm³/mol. The fourth-order valence-corrected chi connectivity index (χ4v) is 5.60. The molecule has 206 valence electrons. The van der Waals surface area contributed by atoms with Crippen molar-refractivity contribution in [1.29, 1.82) is 0 Å². The topological polar surface area (TPSA) is 73.9 Å². The summed E-state index contributed by atoms with van der Waals surface area (Å²) in [5.41, 5.74) is 5.42. The van der Waals surface area contributed by atoms with Crippen LogP contribution >= 0.6 is 0 Å². The molecule has 0 radical (unpaired) electrons. The van der Waals surface area contributed by atoms with Gasteiger partial charge in [0.25, 0.3) is 0 Å². The van der Waals surface area contributed by atoms with Gasteiger partial charge in [0.15, 0.2) is 17.3 Å². The highest BCUT2D eigenvalue weighted by Gasteiger charge is 2.41. The Labute approximate surface area is 235 Å². The molecule has 6 heteroatoms. The molecule has 1 aliphatic carbocycles. The number of ketones is 1. The molecule has 3 aromatic rings. The third-order valence-electron chi connectivity index (χ3n) is 7.51. The van der Waals surface area contributed by atoms with E-state index in [1.54, 1.807) is 7.11 Å². The molecule has 1 aliphatic heterocycles. The van der Waals surface area contributed by atoms with Crippen LogP contribution in [0.2, 0.25) is 0 Å². The number of hydrogen-bond donors (Lipinski definition) is 1. The Kier molecular flexibility index (Phi) is 8.34. The van der Waals surface area contributed by atoms with Crippen LogP contribution in [0.15, 0.2) is 101 Å². The number of ether oxygens (including phenoxy) is 3. The fourth-order valence-electron chi connectivity index (χ4n) is 5.60. The predicted octanol–water partition coefficient (Wildman–Crippen LogP) is 6.59. The van der Waals surface area contributed by atoms with Gasteiger partial charge in [0.2, 0.25) is 0 Å². The molecular weight excluding hydrogens is 502 g/mol. The van der Waals surface area contributed by atoms with Crippen LogP contribution in [0.4, 0.5) is 0 Å². The molecule has 1 heterocycles. The van der Waals surface area contributed by atoms with E-state index in [1.165, 1.54) is 0 Å². The number of nitrogens with one attached hydrogen (secondary N) is 1. The zero-order chi connectivity index (χ0) is 28.1. The summed E-state index contributed by atoms with van der Waals surface area (Å²) in [6, 6.07) is 25.3. The highest BCUT2D eigenvalue weighted by molar-refractivity contribution is 6.04. The highest BCUT2D eigenvalue weighted by Crippen LogP contribution is 2.47. The summed E-state index contributed by atoms with van der Waals surface area (Å²) in [6.45, 7) is 4.63. The molecule has 5 rings (SSSR count). The normalized spacial score (nSPS) is 18.6. The molecule has 0 fully saturated rings. The van der Waals surface area contributed by atoms with E-state index in [-0.39, 0.29) is 18.3 Å². The van der Waals surface area contributed by atoms with Crippen molar-refractivity contribution in [2.24, 2.45) is 0 Å². The van der Waals surface area contributed by atoms with Gasteiger partial charge in [-0.25, -0.2) is 4.79 Å². The Morgan fingerprint density at radius 2 is 1.65 bits per heavy atom. The van der Waals surface area contributed by atoms with Gasteiger partial charge in [-0.3, -0.25) is 4.79 Å². The average Bonchev–Trinajstić information content (AvgIpc) is 2.99. The quantitative estimate of drug-likeness (QED) is 0.311. The first-order chi connectivity index (χ1) is 19.5. The number of benzene rings is 3. The number of allylic oxidation sites excluding steroid dienone is 3. The summed E-state index contributed by atoms with van der Waals surface area (Å²) < 4.78 is 17.3. The molecule has 3 aromatic carbocycles. The summed E-state index contributed by atoms with van der Waals surface area (Å²) >= 11 is 0. The Bertz CT molecular complexity index is 1440. The summed E-state index contributed by atoms with van der Waals surface area (Å²) in [7, 11) is 1.59. The van der Waals surface area contributed by atoms with Crippen molar-refractivity contribution in [3.63, 3.8) is 0 Å². The first-order valence-corrected chi connectivity index (χ1v) is 13.8. The summed E-state index contributed by atoms with van der Waals surface area (Å²) in [4.78, 5) is 27.6. The van der Waals surface area contributed by atoms with E-state index in [4.69, 9.17) is 14.2 Å². The van der Waals surface area contributed by atoms with E-state index in [9.17, 15) is 9.59 Å². The minimum atomic E-state index is -0.585. The van der Waals surface area contributed by atoms with Crippen molar-refractivity contribution >= 4 is 11.8 Å². The number of esters is 1. The summed E-state index contributed by atoms with van der Waals surface area (Å²) in [5.74, 6) is 0.251. The molecule has 40 heavy (non-hydrogen) atoms. The molecule has 0 amide bonds. The lowest BCUT2D eigenvalue weighted by atomic mass is 9.71. The van der Waals surface area contributed by atoms with Gasteiger partial charge in [0.05, 0.1) is 19.3 Å². The fraction of sp³-hybridized carbons (Fsp3) is 0.294. The van der Waals surface area contributed by atoms with Gasteiger partial charge in [0.1, 0.15) is 6.61 Å². The molecule has 0 bridgehead atoms.